The minimum Gasteiger partial charge on any atom is -0.492 e. The molecular formula is C15H16Cl2N2O4S2. The molecule has 10 heteroatoms. The summed E-state index contributed by atoms with van der Waals surface area (Å²) in [6.45, 7) is 0.212. The first-order valence-electron chi connectivity index (χ1n) is 7.16. The zero-order valence-electron chi connectivity index (χ0n) is 13.2. The number of hydrogen-bond donors (Lipinski definition) is 1. The van der Waals surface area contributed by atoms with Crippen molar-refractivity contribution in [2.45, 2.75) is 4.21 Å². The molecule has 0 spiro atoms. The van der Waals surface area contributed by atoms with Gasteiger partial charge >= 0.3 is 0 Å². The SMILES string of the molecule is CN(CC(=O)NCCOc1ccc(Cl)cc1)S(=O)(=O)c1ccc(Cl)s1. The number of rotatable bonds is 8. The highest BCUT2D eigenvalue weighted by molar-refractivity contribution is 7.91. The highest BCUT2D eigenvalue weighted by Crippen LogP contribution is 2.27. The molecule has 2 aromatic rings. The number of likely N-dealkylation sites (N-methyl/N-ethyl adjacent to an activating group) is 1. The Hall–Kier alpha value is -1.32. The van der Waals surface area contributed by atoms with Crippen LogP contribution < -0.4 is 10.1 Å². The van der Waals surface area contributed by atoms with Crippen LogP contribution in [-0.2, 0) is 14.8 Å². The summed E-state index contributed by atoms with van der Waals surface area (Å²) >= 11 is 12.5. The summed E-state index contributed by atoms with van der Waals surface area (Å²) in [7, 11) is -2.39. The van der Waals surface area contributed by atoms with Crippen LogP contribution in [0.15, 0.2) is 40.6 Å². The topological polar surface area (TPSA) is 75.7 Å². The van der Waals surface area contributed by atoms with Gasteiger partial charge in [0.1, 0.15) is 16.6 Å². The third-order valence-corrected chi connectivity index (χ3v) is 6.84. The summed E-state index contributed by atoms with van der Waals surface area (Å²) in [4.78, 5) is 11.9. The molecule has 0 fully saturated rings. The van der Waals surface area contributed by atoms with Crippen molar-refractivity contribution >= 4 is 50.5 Å². The fraction of sp³-hybridized carbons (Fsp3) is 0.267. The minimum atomic E-state index is -3.73. The molecule has 2 rings (SSSR count). The van der Waals surface area contributed by atoms with Crippen molar-refractivity contribution in [3.8, 4) is 5.75 Å². The van der Waals surface area contributed by atoms with Gasteiger partial charge in [0.15, 0.2) is 0 Å². The van der Waals surface area contributed by atoms with Gasteiger partial charge in [-0.3, -0.25) is 4.79 Å². The predicted octanol–water partition coefficient (Wildman–Crippen LogP) is 2.87. The molecule has 0 aliphatic carbocycles. The lowest BCUT2D eigenvalue weighted by Gasteiger charge is -2.15. The van der Waals surface area contributed by atoms with Crippen molar-refractivity contribution in [3.05, 3.63) is 45.8 Å². The van der Waals surface area contributed by atoms with Crippen LogP contribution in [0.5, 0.6) is 5.75 Å². The van der Waals surface area contributed by atoms with E-state index in [2.05, 4.69) is 5.32 Å². The van der Waals surface area contributed by atoms with E-state index < -0.39 is 15.9 Å². The van der Waals surface area contributed by atoms with Gasteiger partial charge < -0.3 is 10.1 Å². The number of hydrogen-bond acceptors (Lipinski definition) is 5. The van der Waals surface area contributed by atoms with Crippen molar-refractivity contribution < 1.29 is 17.9 Å². The van der Waals surface area contributed by atoms with Crippen LogP contribution in [-0.4, -0.2) is 45.4 Å². The predicted molar refractivity (Wildman–Crippen MR) is 99.1 cm³/mol. The van der Waals surface area contributed by atoms with E-state index in [0.717, 1.165) is 15.6 Å². The molecule has 0 saturated heterocycles. The second-order valence-electron chi connectivity index (χ2n) is 4.97. The smallest absolute Gasteiger partial charge is 0.252 e. The molecule has 1 amide bonds. The number of halogens is 2. The first-order chi connectivity index (χ1) is 11.8. The van der Waals surface area contributed by atoms with Crippen LogP contribution in [0.4, 0.5) is 0 Å². The number of benzene rings is 1. The summed E-state index contributed by atoms with van der Waals surface area (Å²) in [6.07, 6.45) is 0. The second-order valence-corrected chi connectivity index (χ2v) is 9.40. The molecule has 25 heavy (non-hydrogen) atoms. The quantitative estimate of drug-likeness (QED) is 0.663. The van der Waals surface area contributed by atoms with Gasteiger partial charge in [0.05, 0.1) is 17.4 Å². The maximum Gasteiger partial charge on any atom is 0.252 e. The standard InChI is InChI=1S/C15H16Cl2N2O4S2/c1-19(25(21,22)15-7-6-13(17)24-15)10-14(20)18-8-9-23-12-4-2-11(16)3-5-12/h2-7H,8-10H2,1H3,(H,18,20). The van der Waals surface area contributed by atoms with Crippen molar-refractivity contribution in [1.29, 1.82) is 0 Å². The van der Waals surface area contributed by atoms with Crippen LogP contribution in [0.3, 0.4) is 0 Å². The van der Waals surface area contributed by atoms with E-state index >= 15 is 0 Å². The molecule has 0 aliphatic heterocycles. The van der Waals surface area contributed by atoms with Gasteiger partial charge in [0.25, 0.3) is 10.0 Å². The van der Waals surface area contributed by atoms with Gasteiger partial charge in [-0.1, -0.05) is 23.2 Å². The Kier molecular flexibility index (Phi) is 7.09. The van der Waals surface area contributed by atoms with Crippen LogP contribution >= 0.6 is 34.5 Å². The number of carbonyl (C=O) groups excluding carboxylic acids is 1. The molecule has 0 aliphatic rings. The lowest BCUT2D eigenvalue weighted by molar-refractivity contribution is -0.121. The second kappa shape index (κ2) is 8.86. The van der Waals surface area contributed by atoms with Crippen LogP contribution in [0.1, 0.15) is 0 Å². The average Bonchev–Trinajstić information content (AvgIpc) is 3.00. The monoisotopic (exact) mass is 422 g/mol. The molecule has 0 atom stereocenters. The summed E-state index contributed by atoms with van der Waals surface area (Å²) in [6, 6.07) is 9.75. The van der Waals surface area contributed by atoms with Gasteiger partial charge in [-0.2, -0.15) is 4.31 Å². The van der Waals surface area contributed by atoms with Crippen molar-refractivity contribution in [2.75, 3.05) is 26.7 Å². The van der Waals surface area contributed by atoms with E-state index in [-0.39, 0.29) is 23.9 Å². The fourth-order valence-corrected chi connectivity index (χ4v) is 4.77. The first kappa shape index (κ1) is 20.0. The third kappa shape index (κ3) is 5.86. The van der Waals surface area contributed by atoms with E-state index in [9.17, 15) is 13.2 Å². The third-order valence-electron chi connectivity index (χ3n) is 3.09. The van der Waals surface area contributed by atoms with Crippen molar-refractivity contribution in [2.24, 2.45) is 0 Å². The first-order valence-corrected chi connectivity index (χ1v) is 10.2. The number of carbonyl (C=O) groups is 1. The Balaban J connectivity index is 1.76. The number of thiophene rings is 1. The number of nitrogens with zero attached hydrogens (tertiary/aromatic N) is 1. The number of ether oxygens (including phenoxy) is 1. The summed E-state index contributed by atoms with van der Waals surface area (Å²) in [5.41, 5.74) is 0. The van der Waals surface area contributed by atoms with Gasteiger partial charge in [-0.25, -0.2) is 8.42 Å². The normalized spacial score (nSPS) is 11.5. The van der Waals surface area contributed by atoms with Gasteiger partial charge in [0, 0.05) is 12.1 Å². The Labute approximate surface area is 160 Å². The molecular weight excluding hydrogens is 407 g/mol. The summed E-state index contributed by atoms with van der Waals surface area (Å²) in [5, 5.41) is 3.21. The molecule has 0 radical (unpaired) electrons. The van der Waals surface area contributed by atoms with Crippen LogP contribution in [0, 0.1) is 0 Å². The Morgan fingerprint density at radius 2 is 1.88 bits per heavy atom. The molecule has 1 N–H and O–H groups in total. The molecule has 0 unspecified atom stereocenters. The zero-order valence-corrected chi connectivity index (χ0v) is 16.4. The zero-order chi connectivity index (χ0) is 18.4. The molecule has 1 heterocycles. The van der Waals surface area contributed by atoms with Gasteiger partial charge in [-0.15, -0.1) is 11.3 Å². The Morgan fingerprint density at radius 1 is 1.20 bits per heavy atom. The Morgan fingerprint density at radius 3 is 2.48 bits per heavy atom. The van der Waals surface area contributed by atoms with E-state index in [0.29, 0.717) is 15.1 Å². The minimum absolute atomic E-state index is 0.0962. The number of sulfonamides is 1. The maximum atomic E-state index is 12.3. The lowest BCUT2D eigenvalue weighted by atomic mass is 10.3. The van der Waals surface area contributed by atoms with Gasteiger partial charge in [0.2, 0.25) is 5.91 Å². The molecule has 0 saturated carbocycles. The molecule has 0 bridgehead atoms. The van der Waals surface area contributed by atoms with E-state index in [4.69, 9.17) is 27.9 Å². The Bertz CT molecular complexity index is 822. The van der Waals surface area contributed by atoms with Gasteiger partial charge in [-0.05, 0) is 36.4 Å². The number of nitrogens with one attached hydrogen (secondary N) is 1. The van der Waals surface area contributed by atoms with Crippen LogP contribution in [0.2, 0.25) is 9.36 Å². The van der Waals surface area contributed by atoms with Crippen molar-refractivity contribution in [3.63, 3.8) is 0 Å². The highest BCUT2D eigenvalue weighted by atomic mass is 35.5. The molecule has 136 valence electrons. The molecule has 1 aromatic heterocycles. The van der Waals surface area contributed by atoms with E-state index in [1.165, 1.54) is 19.2 Å². The van der Waals surface area contributed by atoms with Crippen LogP contribution in [0.25, 0.3) is 0 Å². The largest absolute Gasteiger partial charge is 0.492 e. The number of amides is 1. The highest BCUT2D eigenvalue weighted by Gasteiger charge is 2.24. The summed E-state index contributed by atoms with van der Waals surface area (Å²) < 4.78 is 31.5. The van der Waals surface area contributed by atoms with Crippen molar-refractivity contribution in [1.82, 2.24) is 9.62 Å². The lowest BCUT2D eigenvalue weighted by Crippen LogP contribution is -2.39. The van der Waals surface area contributed by atoms with E-state index in [1.54, 1.807) is 24.3 Å². The fourth-order valence-electron chi connectivity index (χ4n) is 1.82. The van der Waals surface area contributed by atoms with E-state index in [1.807, 2.05) is 0 Å². The average molecular weight is 423 g/mol. The maximum absolute atomic E-state index is 12.3. The summed E-state index contributed by atoms with van der Waals surface area (Å²) in [5.74, 6) is 0.210. The molecule has 1 aromatic carbocycles. The molecule has 6 nitrogen and oxygen atoms in total.